The molecule has 0 aromatic heterocycles. The third-order valence-corrected chi connectivity index (χ3v) is 17.8. The summed E-state index contributed by atoms with van der Waals surface area (Å²) in [5, 5.41) is 55.9. The van der Waals surface area contributed by atoms with Gasteiger partial charge in [0.25, 0.3) is 0 Å². The first-order chi connectivity index (χ1) is 38.9. The van der Waals surface area contributed by atoms with Crippen LogP contribution in [0.4, 0.5) is 30.1 Å². The summed E-state index contributed by atoms with van der Waals surface area (Å²) < 4.78 is 65.0. The summed E-state index contributed by atoms with van der Waals surface area (Å²) in [6.07, 6.45) is -10.4. The predicted octanol–water partition coefficient (Wildman–Crippen LogP) is 3.90. The molecule has 24 nitrogen and oxygen atoms in total. The number of unbranched alkanes of at least 4 members (excludes halogenated alkanes) is 1. The second-order valence-electron chi connectivity index (χ2n) is 24.6. The lowest BCUT2D eigenvalue weighted by molar-refractivity contribution is -0.317. The van der Waals surface area contributed by atoms with Gasteiger partial charge >= 0.3 is 24.2 Å². The fourth-order valence-electron chi connectivity index (χ4n) is 12.7. The van der Waals surface area contributed by atoms with Gasteiger partial charge in [0.1, 0.15) is 35.3 Å². The number of piperazine rings is 1. The molecule has 1 aromatic carbocycles. The summed E-state index contributed by atoms with van der Waals surface area (Å²) >= 11 is 0. The van der Waals surface area contributed by atoms with Crippen LogP contribution in [0.15, 0.2) is 18.2 Å². The van der Waals surface area contributed by atoms with Crippen LogP contribution in [-0.4, -0.2) is 205 Å². The number of benzene rings is 1. The fourth-order valence-corrected chi connectivity index (χ4v) is 12.7. The van der Waals surface area contributed by atoms with Gasteiger partial charge in [-0.05, 0) is 104 Å². The lowest BCUT2D eigenvalue weighted by atomic mass is 9.72. The first-order valence-corrected chi connectivity index (χ1v) is 29.6. The Labute approximate surface area is 488 Å². The second-order valence-corrected chi connectivity index (χ2v) is 24.6. The Hall–Kier alpha value is -4.70. The van der Waals surface area contributed by atoms with Crippen LogP contribution >= 0.6 is 0 Å². The zero-order valence-corrected chi connectivity index (χ0v) is 50.8. The maximum atomic E-state index is 15.4. The number of carbonyl (C=O) groups is 5. The van der Waals surface area contributed by atoms with Crippen molar-refractivity contribution in [3.8, 4) is 0 Å². The molecule has 0 aliphatic carbocycles. The Morgan fingerprint density at radius 1 is 0.855 bits per heavy atom. The van der Waals surface area contributed by atoms with Crippen LogP contribution in [0.3, 0.4) is 0 Å². The Kier molecular flexibility index (Phi) is 23.3. The molecule has 0 bridgehead atoms. The quantitative estimate of drug-likeness (QED) is 0.0661. The average molecular weight is 1180 g/mol. The number of nitrogens with one attached hydrogen (secondary N) is 3. The number of methoxy groups -OCH3 is 1. The number of nitrogens with two attached hydrogens (primary N) is 1. The van der Waals surface area contributed by atoms with Gasteiger partial charge in [0.2, 0.25) is 5.91 Å². The number of esters is 1. The van der Waals surface area contributed by atoms with Gasteiger partial charge in [-0.25, -0.2) is 18.8 Å². The molecule has 9 N–H and O–H groups in total. The summed E-state index contributed by atoms with van der Waals surface area (Å²) in [7, 11) is 1.47. The average Bonchev–Trinajstić information content (AvgIpc) is 3.62. The topological polar surface area (TPSA) is 312 Å². The largest absolute Gasteiger partial charge is 0.459 e. The zero-order chi connectivity index (χ0) is 61.5. The number of anilines is 2. The number of amides is 5. The van der Waals surface area contributed by atoms with Gasteiger partial charge in [0, 0.05) is 77.6 Å². The van der Waals surface area contributed by atoms with E-state index < -0.39 is 132 Å². The number of aliphatic hydroxyl groups is 4. The molecule has 83 heavy (non-hydrogen) atoms. The van der Waals surface area contributed by atoms with E-state index in [0.717, 1.165) is 0 Å². The number of hydrogen-bond donors (Lipinski definition) is 8. The highest BCUT2D eigenvalue weighted by molar-refractivity contribution is 5.90. The molecule has 6 rings (SSSR count). The van der Waals surface area contributed by atoms with E-state index in [1.54, 1.807) is 65.5 Å². The van der Waals surface area contributed by atoms with Gasteiger partial charge in [-0.3, -0.25) is 14.5 Å². The molecule has 5 fully saturated rings. The van der Waals surface area contributed by atoms with Gasteiger partial charge in [0.05, 0.1) is 66.5 Å². The van der Waals surface area contributed by atoms with Crippen molar-refractivity contribution in [1.29, 1.82) is 0 Å². The minimum atomic E-state index is -1.92. The van der Waals surface area contributed by atoms with Crippen LogP contribution in [0, 0.1) is 35.4 Å². The van der Waals surface area contributed by atoms with E-state index in [2.05, 4.69) is 16.0 Å². The van der Waals surface area contributed by atoms with E-state index in [1.807, 2.05) is 25.7 Å². The maximum absolute atomic E-state index is 15.4. The normalized spacial score (nSPS) is 38.6. The summed E-state index contributed by atoms with van der Waals surface area (Å²) in [5.74, 6) is -4.90. The summed E-state index contributed by atoms with van der Waals surface area (Å²) in [5.41, 5.74) is 2.63. The molecule has 5 aliphatic rings. The van der Waals surface area contributed by atoms with E-state index in [9.17, 15) is 44.4 Å². The molecule has 5 amide bonds. The van der Waals surface area contributed by atoms with Crippen molar-refractivity contribution in [2.75, 3.05) is 69.3 Å². The second kappa shape index (κ2) is 28.7. The van der Waals surface area contributed by atoms with Gasteiger partial charge < -0.3 is 89.8 Å². The SMILES string of the molecule is CC[C@H]1OC(=O)[C@H](C)[C@@H](OC2CC(C)(OC)C(OC(=O)NCCCCNC(=O)N3CCN(c4ccc(N5C[C@H](CNC(C)=O)OC5=O)cc4F)CC3)C(C)O2)[C@H](C)[C@@H](OC2OC(C)CC(C)C2O)[C@](C)(O)C[C@@H](C)[C@H](N)[C@H](C)[C@@H](O)[C@]1(C)O. The molecular formula is C58H96FN7O17. The molecule has 1 aromatic rings. The maximum Gasteiger partial charge on any atom is 0.414 e. The van der Waals surface area contributed by atoms with E-state index >= 15 is 4.39 Å². The fraction of sp³-hybridized carbons (Fsp3) is 0.810. The molecule has 0 radical (unpaired) electrons. The Balaban J connectivity index is 1.04. The number of hydrogen-bond acceptors (Lipinski definition) is 19. The first-order valence-electron chi connectivity index (χ1n) is 29.6. The molecular weight excluding hydrogens is 1090 g/mol. The van der Waals surface area contributed by atoms with Crippen LogP contribution in [0.25, 0.3) is 0 Å². The number of carbonyl (C=O) groups excluding carboxylic acids is 5. The molecule has 5 heterocycles. The number of halogens is 1. The van der Waals surface area contributed by atoms with Crippen molar-refractivity contribution in [3.63, 3.8) is 0 Å². The number of nitrogens with zero attached hydrogens (tertiary/aromatic N) is 3. The highest BCUT2D eigenvalue weighted by Gasteiger charge is 2.54. The summed E-state index contributed by atoms with van der Waals surface area (Å²) in [4.78, 5) is 69.5. The molecule has 20 atom stereocenters. The predicted molar refractivity (Wildman–Crippen MR) is 302 cm³/mol. The van der Waals surface area contributed by atoms with Crippen molar-refractivity contribution < 1.29 is 86.7 Å². The first kappa shape index (κ1) is 67.4. The zero-order valence-electron chi connectivity index (χ0n) is 50.8. The van der Waals surface area contributed by atoms with Crippen molar-refractivity contribution in [1.82, 2.24) is 20.9 Å². The molecule has 0 saturated carbocycles. The van der Waals surface area contributed by atoms with E-state index in [1.165, 1.54) is 31.9 Å². The molecule has 5 saturated heterocycles. The van der Waals surface area contributed by atoms with Crippen LogP contribution in [-0.2, 0) is 47.5 Å². The number of cyclic esters (lactones) is 2. The number of alkyl carbamates (subject to hydrolysis) is 1. The highest BCUT2D eigenvalue weighted by atomic mass is 19.1. The molecule has 5 aliphatic heterocycles. The minimum absolute atomic E-state index is 0.00153. The molecule has 8 unspecified atom stereocenters. The van der Waals surface area contributed by atoms with Crippen molar-refractivity contribution in [2.45, 2.75) is 212 Å². The summed E-state index contributed by atoms with van der Waals surface area (Å²) in [6, 6.07) is 3.50. The molecule has 472 valence electrons. The van der Waals surface area contributed by atoms with Crippen molar-refractivity contribution in [3.05, 3.63) is 24.0 Å². The lowest BCUT2D eigenvalue weighted by Gasteiger charge is -2.49. The smallest absolute Gasteiger partial charge is 0.414 e. The third-order valence-electron chi connectivity index (χ3n) is 17.8. The van der Waals surface area contributed by atoms with Gasteiger partial charge in [-0.15, -0.1) is 0 Å². The highest BCUT2D eigenvalue weighted by Crippen LogP contribution is 2.42. The Morgan fingerprint density at radius 3 is 2.14 bits per heavy atom. The van der Waals surface area contributed by atoms with Gasteiger partial charge in [0.15, 0.2) is 18.7 Å². The summed E-state index contributed by atoms with van der Waals surface area (Å²) in [6.45, 7) is 22.6. The minimum Gasteiger partial charge on any atom is -0.459 e. The van der Waals surface area contributed by atoms with Crippen LogP contribution < -0.4 is 31.5 Å². The van der Waals surface area contributed by atoms with Gasteiger partial charge in [-0.2, -0.15) is 0 Å². The number of urea groups is 1. The van der Waals surface area contributed by atoms with Crippen LogP contribution in [0.5, 0.6) is 0 Å². The molecule has 0 spiro atoms. The van der Waals surface area contributed by atoms with Crippen molar-refractivity contribution >= 4 is 41.5 Å². The monoisotopic (exact) mass is 1180 g/mol. The molecule has 25 heteroatoms. The van der Waals surface area contributed by atoms with Crippen molar-refractivity contribution in [2.24, 2.45) is 35.3 Å². The Morgan fingerprint density at radius 2 is 1.52 bits per heavy atom. The number of rotatable bonds is 16. The van der Waals surface area contributed by atoms with E-state index in [0.29, 0.717) is 63.4 Å². The van der Waals surface area contributed by atoms with Gasteiger partial charge in [-0.1, -0.05) is 34.6 Å². The van der Waals surface area contributed by atoms with Crippen LogP contribution in [0.2, 0.25) is 0 Å². The number of ether oxygens (including phenoxy) is 8. The van der Waals surface area contributed by atoms with Crippen LogP contribution in [0.1, 0.15) is 122 Å². The number of aliphatic hydroxyl groups excluding tert-OH is 2. The lowest BCUT2D eigenvalue weighted by Crippen LogP contribution is -2.61. The Bertz CT molecular complexity index is 2350. The van der Waals surface area contributed by atoms with E-state index in [4.69, 9.17) is 43.6 Å². The van der Waals surface area contributed by atoms with E-state index in [-0.39, 0.29) is 62.9 Å². The third kappa shape index (κ3) is 16.4. The standard InChI is InChI=1S/C58H96FN7O17/c1-14-43-58(12,75)48(69)34(5)45(60)32(3)27-56(10,74)49(82-52-46(68)31(2)25-33(4)77-52)35(6)47(36(7)51(70)80-43)81-44-28-57(11,76-13)50(37(8)78-44)83-54(72)62-20-16-15-19-61-53(71)65-23-21-64(22-24-65)42-18-17-39(26-41(42)59)66-30-40(79-55(66)73)29-63-38(9)67/h17-18,26,31-37,40,43-50,52,68-69,74-75H,14-16,19-25,27-30,60H2,1-13H3,(H,61,71)(H,62,72)(H,63,67)/t31?,32-,33?,34+,35+,36-,37?,40+,43-,44?,45+,46?,47+,48-,49-,50?,52?,56-,57?,58-/m1/s1.